The molecule has 2 saturated heterocycles. The SMILES string of the molecule is CCC(C)N(CCCNC(=O)[N+]12CC(/C(=N\N)NC(=O)/C(=C/O)[N-]C)=C1C2)CC1CCOCC1.[Y]. The van der Waals surface area contributed by atoms with E-state index in [9.17, 15) is 9.59 Å². The van der Waals surface area contributed by atoms with Crippen molar-refractivity contribution in [2.45, 2.75) is 45.6 Å². The molecule has 1 radical (unpaired) electrons. The molecule has 0 aromatic carbocycles. The Bertz CT molecular complexity index is 857. The van der Waals surface area contributed by atoms with Crippen LogP contribution in [0.25, 0.3) is 5.32 Å². The normalized spacial score (nSPS) is 23.1. The van der Waals surface area contributed by atoms with E-state index in [1.807, 2.05) is 0 Å². The topological polar surface area (TPSA) is 143 Å². The van der Waals surface area contributed by atoms with Crippen LogP contribution in [0.2, 0.25) is 0 Å². The molecule has 35 heavy (non-hydrogen) atoms. The maximum Gasteiger partial charge on any atom is 0.422 e. The summed E-state index contributed by atoms with van der Waals surface area (Å²) in [7, 11) is 1.40. The van der Waals surface area contributed by atoms with E-state index in [2.05, 4.69) is 39.8 Å². The van der Waals surface area contributed by atoms with Crippen LogP contribution in [0.1, 0.15) is 39.5 Å². The summed E-state index contributed by atoms with van der Waals surface area (Å²) in [6.07, 6.45) is 4.88. The number of urea groups is 1. The minimum Gasteiger partial charge on any atom is -0.680 e. The Labute approximate surface area is 233 Å². The number of likely N-dealkylation sites (N-methyl/N-ethyl adjacent to an activating group) is 1. The molecule has 0 spiro atoms. The fourth-order valence-corrected chi connectivity index (χ4v) is 4.69. The van der Waals surface area contributed by atoms with Gasteiger partial charge in [0, 0.05) is 71.6 Å². The molecule has 5 N–H and O–H groups in total. The number of aliphatic hydroxyl groups excluding tert-OH is 1. The number of quaternary nitrogens is 1. The number of carbonyl (C=O) groups is 2. The number of rotatable bonds is 11. The van der Waals surface area contributed by atoms with Gasteiger partial charge in [-0.05, 0) is 44.2 Å². The zero-order chi connectivity index (χ0) is 24.7. The Balaban J connectivity index is 0.00000432. The van der Waals surface area contributed by atoms with E-state index in [-0.39, 0.29) is 54.8 Å². The van der Waals surface area contributed by atoms with E-state index in [0.717, 1.165) is 63.3 Å². The first kappa shape index (κ1) is 29.7. The Hall–Kier alpha value is -1.53. The largest absolute Gasteiger partial charge is 0.680 e. The molecular weight excluding hydrogens is 527 g/mol. The molecule has 0 aromatic heterocycles. The minimum absolute atomic E-state index is 0. The van der Waals surface area contributed by atoms with Gasteiger partial charge in [-0.3, -0.25) is 4.79 Å². The summed E-state index contributed by atoms with van der Waals surface area (Å²) in [5, 5.41) is 22.0. The van der Waals surface area contributed by atoms with Crippen molar-refractivity contribution < 1.29 is 56.6 Å². The van der Waals surface area contributed by atoms with E-state index in [0.29, 0.717) is 37.9 Å². The number of nitrogens with two attached hydrogens (primary N) is 1. The molecule has 3 rings (SSSR count). The third-order valence-electron chi connectivity index (χ3n) is 7.19. The van der Waals surface area contributed by atoms with Crippen molar-refractivity contribution in [1.29, 1.82) is 0 Å². The maximum atomic E-state index is 12.8. The molecule has 3 aliphatic heterocycles. The molecule has 0 bridgehead atoms. The van der Waals surface area contributed by atoms with Gasteiger partial charge in [-0.15, -0.1) is 7.05 Å². The molecule has 3 aliphatic rings. The molecule has 12 heteroatoms. The van der Waals surface area contributed by atoms with Crippen LogP contribution in [0.3, 0.4) is 0 Å². The number of fused-ring (bicyclic) bond motifs is 1. The molecule has 3 amide bonds. The second kappa shape index (κ2) is 13.7. The molecule has 0 aliphatic carbocycles. The van der Waals surface area contributed by atoms with Crippen LogP contribution in [-0.4, -0.2) is 91.3 Å². The van der Waals surface area contributed by atoms with Crippen LogP contribution in [0, 0.1) is 5.92 Å². The third-order valence-corrected chi connectivity index (χ3v) is 7.19. The fourth-order valence-electron chi connectivity index (χ4n) is 4.69. The van der Waals surface area contributed by atoms with Crippen molar-refractivity contribution in [3.05, 3.63) is 28.5 Å². The number of aliphatic hydroxyl groups is 1. The predicted octanol–water partition coefficient (Wildman–Crippen LogP) is 1.50. The zero-order valence-electron chi connectivity index (χ0n) is 21.1. The van der Waals surface area contributed by atoms with Gasteiger partial charge in [0.15, 0.2) is 18.1 Å². The first-order chi connectivity index (χ1) is 16.4. The number of hydrazone groups is 1. The molecule has 3 heterocycles. The van der Waals surface area contributed by atoms with E-state index in [4.69, 9.17) is 15.7 Å². The summed E-state index contributed by atoms with van der Waals surface area (Å²) in [6, 6.07) is 0.492. The summed E-state index contributed by atoms with van der Waals surface area (Å²) in [5.74, 6) is 5.74. The monoisotopic (exact) mass is 566 g/mol. The van der Waals surface area contributed by atoms with Gasteiger partial charge < -0.3 is 36.5 Å². The van der Waals surface area contributed by atoms with Crippen molar-refractivity contribution >= 4 is 17.8 Å². The summed E-state index contributed by atoms with van der Waals surface area (Å²) in [4.78, 5) is 27.4. The number of nitrogens with one attached hydrogen (secondary N) is 2. The van der Waals surface area contributed by atoms with E-state index in [1.54, 1.807) is 0 Å². The average molecular weight is 567 g/mol. The van der Waals surface area contributed by atoms with E-state index in [1.165, 1.54) is 7.05 Å². The molecular formula is C23H39N7O4Y. The van der Waals surface area contributed by atoms with Gasteiger partial charge in [-0.2, -0.15) is 9.58 Å². The van der Waals surface area contributed by atoms with Gasteiger partial charge >= 0.3 is 6.03 Å². The van der Waals surface area contributed by atoms with Gasteiger partial charge in [-0.25, -0.2) is 4.79 Å². The Morgan fingerprint density at radius 1 is 1.37 bits per heavy atom. The molecule has 2 unspecified atom stereocenters. The molecule has 193 valence electrons. The van der Waals surface area contributed by atoms with E-state index < -0.39 is 5.91 Å². The van der Waals surface area contributed by atoms with Crippen LogP contribution in [0.15, 0.2) is 28.3 Å². The van der Waals surface area contributed by atoms with Crippen LogP contribution < -0.4 is 16.5 Å². The van der Waals surface area contributed by atoms with Crippen LogP contribution in [0.4, 0.5) is 4.79 Å². The van der Waals surface area contributed by atoms with Gasteiger partial charge in [-0.1, -0.05) is 6.92 Å². The molecule has 0 aromatic rings. The number of hydrogen-bond acceptors (Lipinski definition) is 7. The van der Waals surface area contributed by atoms with Gasteiger partial charge in [0.2, 0.25) is 5.91 Å². The minimum atomic E-state index is -0.607. The maximum absolute atomic E-state index is 12.8. The van der Waals surface area contributed by atoms with Crippen LogP contribution >= 0.6 is 0 Å². The van der Waals surface area contributed by atoms with Gasteiger partial charge in [0.1, 0.15) is 12.1 Å². The Morgan fingerprint density at radius 3 is 2.66 bits per heavy atom. The van der Waals surface area contributed by atoms with E-state index >= 15 is 0 Å². The second-order valence-electron chi connectivity index (χ2n) is 9.27. The molecule has 11 nitrogen and oxygen atoms in total. The quantitative estimate of drug-likeness (QED) is 0.0344. The smallest absolute Gasteiger partial charge is 0.422 e. The standard InChI is InChI=1S/C23H39N7O4.Y/c1-4-16(2)29(12-17-6-10-34-11-7-17)9-5-8-26-23(33)30-13-18(20(30)14-30)21(28-24)27-22(32)19(15-31)25-3;/h15-17H,4-14,24H2,1-3H3,(H,26,33)(H2,27,28,31,32);. The molecule has 2 fully saturated rings. The van der Waals surface area contributed by atoms with Crippen LogP contribution in [-0.2, 0) is 42.2 Å². The molecule has 0 saturated carbocycles. The summed E-state index contributed by atoms with van der Waals surface area (Å²) < 4.78 is 5.74. The number of hydrogen-bond donors (Lipinski definition) is 4. The third kappa shape index (κ3) is 7.03. The van der Waals surface area contributed by atoms with Crippen molar-refractivity contribution in [1.82, 2.24) is 15.5 Å². The first-order valence-electron chi connectivity index (χ1n) is 12.1. The van der Waals surface area contributed by atoms with Crippen molar-refractivity contribution in [3.63, 3.8) is 0 Å². The number of nitrogens with zero attached hydrogens (tertiary/aromatic N) is 4. The number of ether oxygens (including phenoxy) is 1. The molecule has 2 atom stereocenters. The number of amides is 3. The van der Waals surface area contributed by atoms with Crippen LogP contribution in [0.5, 0.6) is 0 Å². The summed E-state index contributed by atoms with van der Waals surface area (Å²) in [6.45, 7) is 9.91. The Morgan fingerprint density at radius 2 is 2.09 bits per heavy atom. The summed E-state index contributed by atoms with van der Waals surface area (Å²) >= 11 is 0. The fraction of sp³-hybridized carbons (Fsp3) is 0.696. The summed E-state index contributed by atoms with van der Waals surface area (Å²) in [5.41, 5.74) is 1.54. The average Bonchev–Trinajstić information content (AvgIpc) is 3.45. The zero-order valence-corrected chi connectivity index (χ0v) is 24.0. The second-order valence-corrected chi connectivity index (χ2v) is 9.27. The number of carbonyl (C=O) groups excluding carboxylic acids is 2. The van der Waals surface area contributed by atoms with Gasteiger partial charge in [0.05, 0.1) is 6.26 Å². The van der Waals surface area contributed by atoms with Crippen molar-refractivity contribution in [2.75, 3.05) is 53.0 Å². The van der Waals surface area contributed by atoms with Gasteiger partial charge in [0.25, 0.3) is 0 Å². The predicted molar refractivity (Wildman–Crippen MR) is 130 cm³/mol. The number of amidine groups is 1. The first-order valence-corrected chi connectivity index (χ1v) is 12.1. The Kier molecular flexibility index (Phi) is 11.6. The van der Waals surface area contributed by atoms with Crippen molar-refractivity contribution in [3.8, 4) is 0 Å². The van der Waals surface area contributed by atoms with Crippen molar-refractivity contribution in [2.24, 2.45) is 16.9 Å².